The first-order valence-corrected chi connectivity index (χ1v) is 11.3. The molecule has 2 rings (SSSR count). The Morgan fingerprint density at radius 1 is 0.935 bits per heavy atom. The molecule has 0 saturated heterocycles. The summed E-state index contributed by atoms with van der Waals surface area (Å²) in [6.45, 7) is 5.69. The van der Waals surface area contributed by atoms with Gasteiger partial charge in [0.1, 0.15) is 0 Å². The number of rotatable bonds is 12. The highest BCUT2D eigenvalue weighted by Gasteiger charge is 2.09. The lowest BCUT2D eigenvalue weighted by Crippen LogP contribution is -2.25. The zero-order chi connectivity index (χ0) is 22.5. The third kappa shape index (κ3) is 9.67. The number of thioether (sulfide) groups is 1. The van der Waals surface area contributed by atoms with E-state index in [-0.39, 0.29) is 29.2 Å². The normalized spacial score (nSPS) is 10.4. The van der Waals surface area contributed by atoms with E-state index in [0.29, 0.717) is 31.0 Å². The van der Waals surface area contributed by atoms with Crippen LogP contribution in [0.5, 0.6) is 0 Å². The van der Waals surface area contributed by atoms with Gasteiger partial charge in [-0.05, 0) is 50.6 Å². The molecule has 31 heavy (non-hydrogen) atoms. The van der Waals surface area contributed by atoms with Gasteiger partial charge in [0.25, 0.3) is 5.91 Å². The maximum Gasteiger partial charge on any atom is 0.251 e. The van der Waals surface area contributed by atoms with E-state index >= 15 is 0 Å². The van der Waals surface area contributed by atoms with Gasteiger partial charge in [0.05, 0.1) is 11.5 Å². The van der Waals surface area contributed by atoms with Gasteiger partial charge >= 0.3 is 0 Å². The van der Waals surface area contributed by atoms with Crippen LogP contribution in [0.1, 0.15) is 29.3 Å². The van der Waals surface area contributed by atoms with Gasteiger partial charge in [-0.25, -0.2) is 0 Å². The molecule has 0 spiro atoms. The van der Waals surface area contributed by atoms with Crippen LogP contribution < -0.4 is 16.0 Å². The molecule has 0 heterocycles. The molecule has 0 radical (unpaired) electrons. The Balaban J connectivity index is 1.71. The molecule has 2 aromatic carbocycles. The number of ether oxygens (including phenoxy) is 1. The first kappa shape index (κ1) is 24.4. The van der Waals surface area contributed by atoms with Crippen LogP contribution in [-0.4, -0.2) is 49.0 Å². The molecule has 8 heteroatoms. The second kappa shape index (κ2) is 13.5. The summed E-state index contributed by atoms with van der Waals surface area (Å²) in [5, 5.41) is 8.38. The molecule has 0 aliphatic carbocycles. The van der Waals surface area contributed by atoms with Crippen molar-refractivity contribution in [2.45, 2.75) is 20.3 Å². The summed E-state index contributed by atoms with van der Waals surface area (Å²) in [6, 6.07) is 14.3. The average molecular weight is 444 g/mol. The summed E-state index contributed by atoms with van der Waals surface area (Å²) < 4.78 is 5.24. The van der Waals surface area contributed by atoms with Crippen LogP contribution in [0.4, 0.5) is 11.4 Å². The molecular weight excluding hydrogens is 414 g/mol. The van der Waals surface area contributed by atoms with Gasteiger partial charge in [0.2, 0.25) is 11.8 Å². The number of benzene rings is 2. The summed E-state index contributed by atoms with van der Waals surface area (Å²) in [5.41, 5.74) is 2.86. The topological polar surface area (TPSA) is 96.5 Å². The maximum atomic E-state index is 12.2. The zero-order valence-corrected chi connectivity index (χ0v) is 18.7. The van der Waals surface area contributed by atoms with Crippen molar-refractivity contribution < 1.29 is 19.1 Å². The number of aryl methyl sites for hydroxylation is 1. The number of amides is 3. The van der Waals surface area contributed by atoms with Gasteiger partial charge in [-0.1, -0.05) is 23.8 Å². The molecule has 2 aromatic rings. The van der Waals surface area contributed by atoms with Crippen molar-refractivity contribution >= 4 is 40.9 Å². The van der Waals surface area contributed by atoms with Gasteiger partial charge in [-0.3, -0.25) is 14.4 Å². The monoisotopic (exact) mass is 443 g/mol. The molecule has 166 valence electrons. The van der Waals surface area contributed by atoms with E-state index in [1.54, 1.807) is 24.3 Å². The summed E-state index contributed by atoms with van der Waals surface area (Å²) in [5.74, 6) is -0.289. The Kier molecular flexibility index (Phi) is 10.6. The second-order valence-corrected chi connectivity index (χ2v) is 7.83. The Bertz CT molecular complexity index is 871. The first-order valence-electron chi connectivity index (χ1n) is 10.2. The molecule has 3 N–H and O–H groups in total. The molecule has 0 unspecified atom stereocenters. The standard InChI is InChI=1S/C23H29N3O4S/c1-3-30-13-5-12-24-23(29)18-6-4-7-20(14-18)26-22(28)16-31-15-21(27)25-19-10-8-17(2)9-11-19/h4,6-11,14H,3,5,12-13,15-16H2,1-2H3,(H,24,29)(H,25,27)(H,26,28). The van der Waals surface area contributed by atoms with Crippen molar-refractivity contribution in [3.05, 3.63) is 59.7 Å². The molecule has 0 bridgehead atoms. The molecule has 3 amide bonds. The Morgan fingerprint density at radius 2 is 1.61 bits per heavy atom. The first-order chi connectivity index (χ1) is 15.0. The molecule has 0 aromatic heterocycles. The fraction of sp³-hybridized carbons (Fsp3) is 0.348. The Hall–Kier alpha value is -2.84. The largest absolute Gasteiger partial charge is 0.382 e. The van der Waals surface area contributed by atoms with E-state index in [1.807, 2.05) is 38.1 Å². The molecule has 0 aliphatic rings. The van der Waals surface area contributed by atoms with Crippen molar-refractivity contribution in [3.63, 3.8) is 0 Å². The number of anilines is 2. The lowest BCUT2D eigenvalue weighted by atomic mass is 10.2. The number of hydrogen-bond donors (Lipinski definition) is 3. The highest BCUT2D eigenvalue weighted by atomic mass is 32.2. The molecule has 0 fully saturated rings. The SMILES string of the molecule is CCOCCCNC(=O)c1cccc(NC(=O)CSCC(=O)Nc2ccc(C)cc2)c1. The number of hydrogen-bond acceptors (Lipinski definition) is 5. The summed E-state index contributed by atoms with van der Waals surface area (Å²) in [7, 11) is 0. The van der Waals surface area contributed by atoms with E-state index in [2.05, 4.69) is 16.0 Å². The lowest BCUT2D eigenvalue weighted by Gasteiger charge is -2.09. The number of carbonyl (C=O) groups excluding carboxylic acids is 3. The molecule has 0 saturated carbocycles. The van der Waals surface area contributed by atoms with Crippen LogP contribution in [0.3, 0.4) is 0 Å². The summed E-state index contributed by atoms with van der Waals surface area (Å²) in [4.78, 5) is 36.4. The second-order valence-electron chi connectivity index (χ2n) is 6.84. The van der Waals surface area contributed by atoms with Crippen molar-refractivity contribution in [3.8, 4) is 0 Å². The van der Waals surface area contributed by atoms with Crippen LogP contribution in [0.2, 0.25) is 0 Å². The van der Waals surface area contributed by atoms with Crippen molar-refractivity contribution in [2.75, 3.05) is 41.9 Å². The summed E-state index contributed by atoms with van der Waals surface area (Å²) >= 11 is 1.22. The van der Waals surface area contributed by atoms with Crippen molar-refractivity contribution in [1.29, 1.82) is 0 Å². The minimum Gasteiger partial charge on any atom is -0.382 e. The molecular formula is C23H29N3O4S. The van der Waals surface area contributed by atoms with E-state index in [4.69, 9.17) is 4.74 Å². The number of nitrogens with one attached hydrogen (secondary N) is 3. The number of carbonyl (C=O) groups is 3. The van der Waals surface area contributed by atoms with Gasteiger partial charge in [0, 0.05) is 36.7 Å². The van der Waals surface area contributed by atoms with Gasteiger partial charge in [-0.2, -0.15) is 0 Å². The van der Waals surface area contributed by atoms with Crippen LogP contribution >= 0.6 is 11.8 Å². The average Bonchev–Trinajstić information content (AvgIpc) is 2.75. The van der Waals surface area contributed by atoms with E-state index in [9.17, 15) is 14.4 Å². The lowest BCUT2D eigenvalue weighted by molar-refractivity contribution is -0.114. The van der Waals surface area contributed by atoms with E-state index < -0.39 is 0 Å². The molecule has 0 atom stereocenters. The van der Waals surface area contributed by atoms with Gasteiger partial charge in [-0.15, -0.1) is 11.8 Å². The fourth-order valence-electron chi connectivity index (χ4n) is 2.63. The molecule has 0 aliphatic heterocycles. The summed E-state index contributed by atoms with van der Waals surface area (Å²) in [6.07, 6.45) is 0.741. The third-order valence-electron chi connectivity index (χ3n) is 4.17. The highest BCUT2D eigenvalue weighted by Crippen LogP contribution is 2.13. The Morgan fingerprint density at radius 3 is 2.29 bits per heavy atom. The quantitative estimate of drug-likeness (QED) is 0.437. The predicted molar refractivity (Wildman–Crippen MR) is 126 cm³/mol. The third-order valence-corrected chi connectivity index (χ3v) is 5.10. The van der Waals surface area contributed by atoms with Gasteiger partial charge < -0.3 is 20.7 Å². The minimum atomic E-state index is -0.234. The van der Waals surface area contributed by atoms with Crippen LogP contribution in [0.15, 0.2) is 48.5 Å². The Labute approximate surface area is 187 Å². The van der Waals surface area contributed by atoms with Crippen LogP contribution in [0.25, 0.3) is 0 Å². The smallest absolute Gasteiger partial charge is 0.251 e. The minimum absolute atomic E-state index is 0.134. The van der Waals surface area contributed by atoms with E-state index in [0.717, 1.165) is 17.7 Å². The maximum absolute atomic E-state index is 12.2. The molecule has 7 nitrogen and oxygen atoms in total. The van der Waals surface area contributed by atoms with Crippen LogP contribution in [-0.2, 0) is 14.3 Å². The van der Waals surface area contributed by atoms with Crippen LogP contribution in [0, 0.1) is 6.92 Å². The fourth-order valence-corrected chi connectivity index (χ4v) is 3.25. The predicted octanol–water partition coefficient (Wildman–Crippen LogP) is 3.46. The van der Waals surface area contributed by atoms with Crippen molar-refractivity contribution in [2.24, 2.45) is 0 Å². The van der Waals surface area contributed by atoms with Crippen molar-refractivity contribution in [1.82, 2.24) is 5.32 Å². The highest BCUT2D eigenvalue weighted by molar-refractivity contribution is 8.00. The zero-order valence-electron chi connectivity index (χ0n) is 17.9. The van der Waals surface area contributed by atoms with E-state index in [1.165, 1.54) is 11.8 Å². The van der Waals surface area contributed by atoms with Gasteiger partial charge in [0.15, 0.2) is 0 Å².